The second kappa shape index (κ2) is 8.28. The van der Waals surface area contributed by atoms with Crippen LogP contribution in [-0.4, -0.2) is 26.3 Å². The summed E-state index contributed by atoms with van der Waals surface area (Å²) in [7, 11) is 1.77. The third-order valence-electron chi connectivity index (χ3n) is 3.40. The van der Waals surface area contributed by atoms with E-state index in [0.29, 0.717) is 6.04 Å². The van der Waals surface area contributed by atoms with Crippen molar-refractivity contribution in [1.29, 1.82) is 0 Å². The summed E-state index contributed by atoms with van der Waals surface area (Å²) < 4.78 is 5.27. The molecule has 1 unspecified atom stereocenters. The zero-order valence-corrected chi connectivity index (χ0v) is 12.3. The van der Waals surface area contributed by atoms with Crippen molar-refractivity contribution in [2.75, 3.05) is 20.3 Å². The minimum absolute atomic E-state index is 0.469. The number of methoxy groups -OCH3 is 1. The lowest BCUT2D eigenvalue weighted by Crippen LogP contribution is -2.34. The molecule has 2 nitrogen and oxygen atoms in total. The van der Waals surface area contributed by atoms with Crippen molar-refractivity contribution in [2.24, 2.45) is 0 Å². The molecule has 1 N–H and O–H groups in total. The molecule has 0 saturated heterocycles. The predicted octanol–water partition coefficient (Wildman–Crippen LogP) is 3.25. The molecule has 102 valence electrons. The number of rotatable bonds is 8. The van der Waals surface area contributed by atoms with Gasteiger partial charge in [0.25, 0.3) is 0 Å². The van der Waals surface area contributed by atoms with E-state index in [4.69, 9.17) is 4.74 Å². The van der Waals surface area contributed by atoms with Gasteiger partial charge >= 0.3 is 0 Å². The Morgan fingerprint density at radius 3 is 2.61 bits per heavy atom. The largest absolute Gasteiger partial charge is 0.383 e. The monoisotopic (exact) mass is 249 g/mol. The third-order valence-corrected chi connectivity index (χ3v) is 3.40. The summed E-state index contributed by atoms with van der Waals surface area (Å²) in [6.07, 6.45) is 3.42. The molecule has 0 aliphatic carbocycles. The topological polar surface area (TPSA) is 21.3 Å². The van der Waals surface area contributed by atoms with Gasteiger partial charge in [-0.25, -0.2) is 0 Å². The highest BCUT2D eigenvalue weighted by atomic mass is 16.5. The van der Waals surface area contributed by atoms with Crippen LogP contribution in [0.3, 0.4) is 0 Å². The Morgan fingerprint density at radius 2 is 2.00 bits per heavy atom. The second-order valence-corrected chi connectivity index (χ2v) is 5.06. The predicted molar refractivity (Wildman–Crippen MR) is 78.2 cm³/mol. The average Bonchev–Trinajstić information content (AvgIpc) is 2.37. The van der Waals surface area contributed by atoms with Crippen LogP contribution in [0.5, 0.6) is 0 Å². The summed E-state index contributed by atoms with van der Waals surface area (Å²) in [6.45, 7) is 8.41. The van der Waals surface area contributed by atoms with Gasteiger partial charge in [0.2, 0.25) is 0 Å². The zero-order valence-electron chi connectivity index (χ0n) is 12.3. The first-order valence-corrected chi connectivity index (χ1v) is 6.95. The van der Waals surface area contributed by atoms with Gasteiger partial charge in [-0.15, -0.1) is 0 Å². The molecule has 0 amide bonds. The molecular weight excluding hydrogens is 222 g/mol. The molecule has 1 aromatic rings. The fourth-order valence-corrected chi connectivity index (χ4v) is 2.09. The normalized spacial score (nSPS) is 12.7. The van der Waals surface area contributed by atoms with Crippen LogP contribution >= 0.6 is 0 Å². The highest BCUT2D eigenvalue weighted by Crippen LogP contribution is 2.12. The molecule has 0 fully saturated rings. The number of hydrogen-bond acceptors (Lipinski definition) is 2. The van der Waals surface area contributed by atoms with Crippen LogP contribution in [-0.2, 0) is 11.2 Å². The van der Waals surface area contributed by atoms with Crippen molar-refractivity contribution in [1.82, 2.24) is 5.32 Å². The van der Waals surface area contributed by atoms with Gasteiger partial charge in [0, 0.05) is 13.2 Å². The molecule has 0 saturated carbocycles. The van der Waals surface area contributed by atoms with E-state index in [1.165, 1.54) is 23.1 Å². The van der Waals surface area contributed by atoms with Gasteiger partial charge < -0.3 is 10.1 Å². The van der Waals surface area contributed by atoms with Crippen molar-refractivity contribution < 1.29 is 4.74 Å². The molecule has 0 aliphatic heterocycles. The Balaban J connectivity index is 2.47. The summed E-state index contributed by atoms with van der Waals surface area (Å²) in [6, 6.07) is 7.23. The smallest absolute Gasteiger partial charge is 0.0615 e. The van der Waals surface area contributed by atoms with E-state index in [2.05, 4.69) is 44.3 Å². The van der Waals surface area contributed by atoms with E-state index in [0.717, 1.165) is 26.0 Å². The SMILES string of the molecule is CCCNC(CCc1ccc(C)c(C)c1)COC. The van der Waals surface area contributed by atoms with Crippen LogP contribution in [0.2, 0.25) is 0 Å². The Morgan fingerprint density at radius 1 is 1.22 bits per heavy atom. The molecular formula is C16H27NO. The Bertz CT molecular complexity index is 349. The van der Waals surface area contributed by atoms with Crippen LogP contribution in [0.15, 0.2) is 18.2 Å². The minimum Gasteiger partial charge on any atom is -0.383 e. The van der Waals surface area contributed by atoms with Gasteiger partial charge in [-0.1, -0.05) is 25.1 Å². The quantitative estimate of drug-likeness (QED) is 0.763. The van der Waals surface area contributed by atoms with E-state index in [-0.39, 0.29) is 0 Å². The first-order chi connectivity index (χ1) is 8.67. The molecule has 0 aliphatic rings. The number of ether oxygens (including phenoxy) is 1. The molecule has 0 radical (unpaired) electrons. The van der Waals surface area contributed by atoms with Crippen LogP contribution < -0.4 is 5.32 Å². The van der Waals surface area contributed by atoms with E-state index in [1.54, 1.807) is 7.11 Å². The van der Waals surface area contributed by atoms with E-state index < -0.39 is 0 Å². The summed E-state index contributed by atoms with van der Waals surface area (Å²) in [5.41, 5.74) is 4.19. The van der Waals surface area contributed by atoms with Crippen LogP contribution in [0.1, 0.15) is 36.5 Å². The van der Waals surface area contributed by atoms with Gasteiger partial charge in [-0.05, 0) is 56.3 Å². The second-order valence-electron chi connectivity index (χ2n) is 5.06. The first-order valence-electron chi connectivity index (χ1n) is 6.95. The number of hydrogen-bond donors (Lipinski definition) is 1. The lowest BCUT2D eigenvalue weighted by Gasteiger charge is -2.17. The van der Waals surface area contributed by atoms with Crippen molar-refractivity contribution in [3.8, 4) is 0 Å². The molecule has 1 atom stereocenters. The third kappa shape index (κ3) is 5.19. The van der Waals surface area contributed by atoms with Crippen molar-refractivity contribution in [3.05, 3.63) is 34.9 Å². The number of nitrogens with one attached hydrogen (secondary N) is 1. The van der Waals surface area contributed by atoms with E-state index in [1.807, 2.05) is 0 Å². The molecule has 2 heteroatoms. The van der Waals surface area contributed by atoms with Crippen LogP contribution in [0, 0.1) is 13.8 Å². The van der Waals surface area contributed by atoms with Gasteiger partial charge in [-0.2, -0.15) is 0 Å². The summed E-state index contributed by atoms with van der Waals surface area (Å²) in [5.74, 6) is 0. The standard InChI is InChI=1S/C16H27NO/c1-5-10-17-16(12-18-4)9-8-15-7-6-13(2)14(3)11-15/h6-7,11,16-17H,5,8-10,12H2,1-4H3. The molecule has 1 aromatic carbocycles. The van der Waals surface area contributed by atoms with Crippen molar-refractivity contribution in [3.63, 3.8) is 0 Å². The van der Waals surface area contributed by atoms with Crippen molar-refractivity contribution in [2.45, 2.75) is 46.1 Å². The van der Waals surface area contributed by atoms with Gasteiger partial charge in [0.1, 0.15) is 0 Å². The number of aryl methyl sites for hydroxylation is 3. The van der Waals surface area contributed by atoms with Gasteiger partial charge in [0.05, 0.1) is 6.61 Å². The molecule has 0 spiro atoms. The maximum absolute atomic E-state index is 5.27. The highest BCUT2D eigenvalue weighted by molar-refractivity contribution is 5.29. The molecule has 0 bridgehead atoms. The number of benzene rings is 1. The zero-order chi connectivity index (χ0) is 13.4. The molecule has 1 rings (SSSR count). The lowest BCUT2D eigenvalue weighted by molar-refractivity contribution is 0.162. The fourth-order valence-electron chi connectivity index (χ4n) is 2.09. The maximum Gasteiger partial charge on any atom is 0.0615 e. The van der Waals surface area contributed by atoms with Gasteiger partial charge in [0.15, 0.2) is 0 Å². The Labute approximate surface area is 112 Å². The average molecular weight is 249 g/mol. The molecule has 0 aromatic heterocycles. The Kier molecular flexibility index (Phi) is 6.99. The van der Waals surface area contributed by atoms with Gasteiger partial charge in [-0.3, -0.25) is 0 Å². The van der Waals surface area contributed by atoms with Crippen LogP contribution in [0.4, 0.5) is 0 Å². The minimum atomic E-state index is 0.469. The van der Waals surface area contributed by atoms with Crippen molar-refractivity contribution >= 4 is 0 Å². The summed E-state index contributed by atoms with van der Waals surface area (Å²) >= 11 is 0. The van der Waals surface area contributed by atoms with Crippen LogP contribution in [0.25, 0.3) is 0 Å². The molecule has 0 heterocycles. The summed E-state index contributed by atoms with van der Waals surface area (Å²) in [4.78, 5) is 0. The lowest BCUT2D eigenvalue weighted by atomic mass is 10.0. The highest BCUT2D eigenvalue weighted by Gasteiger charge is 2.07. The molecule has 18 heavy (non-hydrogen) atoms. The van der Waals surface area contributed by atoms with E-state index in [9.17, 15) is 0 Å². The first kappa shape index (κ1) is 15.2. The Hall–Kier alpha value is -0.860. The maximum atomic E-state index is 5.27. The fraction of sp³-hybridized carbons (Fsp3) is 0.625. The summed E-state index contributed by atoms with van der Waals surface area (Å²) in [5, 5.41) is 3.54. The van der Waals surface area contributed by atoms with E-state index >= 15 is 0 Å².